The lowest BCUT2D eigenvalue weighted by molar-refractivity contribution is 0.171. The van der Waals surface area contributed by atoms with E-state index < -0.39 is 10.0 Å². The molecule has 0 saturated heterocycles. The molecule has 0 amide bonds. The van der Waals surface area contributed by atoms with Crippen LogP contribution in [0.3, 0.4) is 0 Å². The van der Waals surface area contributed by atoms with Crippen molar-refractivity contribution in [1.82, 2.24) is 14.3 Å². The molecule has 1 aromatic rings. The van der Waals surface area contributed by atoms with Crippen molar-refractivity contribution >= 4 is 33.6 Å². The number of nitrogens with zero attached hydrogens (tertiary/aromatic N) is 5. The zero-order valence-electron chi connectivity index (χ0n) is 17.7. The van der Waals surface area contributed by atoms with Gasteiger partial charge in [-0.2, -0.15) is 5.10 Å². The number of fused-ring (bicyclic) bond motifs is 3. The van der Waals surface area contributed by atoms with E-state index in [9.17, 15) is 8.42 Å². The lowest BCUT2D eigenvalue weighted by atomic mass is 9.90. The maximum atomic E-state index is 12.9. The number of hydrogen-bond acceptors (Lipinski definition) is 6. The molecule has 3 aliphatic rings. The third-order valence-electron chi connectivity index (χ3n) is 6.73. The van der Waals surface area contributed by atoms with Gasteiger partial charge in [-0.1, -0.05) is 27.2 Å². The van der Waals surface area contributed by atoms with Gasteiger partial charge in [0, 0.05) is 32.3 Å². The predicted molar refractivity (Wildman–Crippen MR) is 117 cm³/mol. The molecule has 8 nitrogen and oxygen atoms in total. The summed E-state index contributed by atoms with van der Waals surface area (Å²) < 4.78 is 27.3. The van der Waals surface area contributed by atoms with Crippen LogP contribution in [0.5, 0.6) is 0 Å². The molecule has 1 aliphatic carbocycles. The molecule has 29 heavy (non-hydrogen) atoms. The smallest absolute Gasteiger partial charge is 0.214 e. The summed E-state index contributed by atoms with van der Waals surface area (Å²) in [6, 6.07) is 2.05. The Hall–Kier alpha value is -1.87. The summed E-state index contributed by atoms with van der Waals surface area (Å²) in [5, 5.41) is 6.76. The van der Waals surface area contributed by atoms with Crippen molar-refractivity contribution in [2.24, 2.45) is 27.8 Å². The number of amidine groups is 1. The zero-order chi connectivity index (χ0) is 20.8. The fraction of sp³-hybridized carbons (Fsp3) is 0.700. The second kappa shape index (κ2) is 7.75. The van der Waals surface area contributed by atoms with Gasteiger partial charge in [0.2, 0.25) is 10.0 Å². The number of nitrogens with one attached hydrogen (secondary N) is 1. The van der Waals surface area contributed by atoms with Gasteiger partial charge in [-0.25, -0.2) is 17.7 Å². The molecule has 160 valence electrons. The minimum Gasteiger partial charge on any atom is -0.345 e. The van der Waals surface area contributed by atoms with Gasteiger partial charge in [0.15, 0.2) is 11.7 Å². The van der Waals surface area contributed by atoms with Crippen LogP contribution in [0.25, 0.3) is 0 Å². The predicted octanol–water partition coefficient (Wildman–Crippen LogP) is 2.85. The van der Waals surface area contributed by atoms with Gasteiger partial charge in [0.25, 0.3) is 0 Å². The number of H-pyrrole nitrogens is 1. The summed E-state index contributed by atoms with van der Waals surface area (Å²) in [5.74, 6) is 3.00. The van der Waals surface area contributed by atoms with Crippen LogP contribution in [0.15, 0.2) is 22.4 Å². The van der Waals surface area contributed by atoms with Crippen molar-refractivity contribution in [3.05, 3.63) is 12.3 Å². The first-order valence-corrected chi connectivity index (χ1v) is 12.3. The van der Waals surface area contributed by atoms with Crippen molar-refractivity contribution < 1.29 is 8.42 Å². The van der Waals surface area contributed by atoms with Crippen LogP contribution < -0.4 is 4.90 Å². The Kier molecular flexibility index (Phi) is 5.46. The monoisotopic (exact) mass is 420 g/mol. The van der Waals surface area contributed by atoms with Crippen LogP contribution in [0.2, 0.25) is 0 Å². The first-order chi connectivity index (χ1) is 13.9. The quantitative estimate of drug-likeness (QED) is 0.735. The van der Waals surface area contributed by atoms with Gasteiger partial charge in [0.1, 0.15) is 6.17 Å². The highest BCUT2D eigenvalue weighted by molar-refractivity contribution is 7.89. The standard InChI is InChI=1S/C20H32N6O2S/c1-5-15-10-14(13-29(27,28)25(6-2)7-3)11-16(15)20-24(4)23-18-12-22-19-17(26(18)20)8-9-21-19/h8-9,12,14-16,20-21H,5-7,10-11,13H2,1-4H3/t14-,15-,16-,20?/m1/s1. The Morgan fingerprint density at radius 1 is 1.24 bits per heavy atom. The van der Waals surface area contributed by atoms with Gasteiger partial charge >= 0.3 is 0 Å². The largest absolute Gasteiger partial charge is 0.345 e. The first kappa shape index (κ1) is 20.4. The summed E-state index contributed by atoms with van der Waals surface area (Å²) in [6.07, 6.45) is 6.73. The van der Waals surface area contributed by atoms with Gasteiger partial charge in [-0.15, -0.1) is 0 Å². The Morgan fingerprint density at radius 3 is 2.69 bits per heavy atom. The van der Waals surface area contributed by atoms with E-state index in [4.69, 9.17) is 5.10 Å². The second-order valence-electron chi connectivity index (χ2n) is 8.32. The van der Waals surface area contributed by atoms with E-state index in [1.807, 2.05) is 44.4 Å². The second-order valence-corrected chi connectivity index (χ2v) is 10.3. The van der Waals surface area contributed by atoms with E-state index in [-0.39, 0.29) is 17.8 Å². The van der Waals surface area contributed by atoms with Gasteiger partial charge in [0.05, 0.1) is 17.7 Å². The van der Waals surface area contributed by atoms with Crippen molar-refractivity contribution in [3.63, 3.8) is 0 Å². The van der Waals surface area contributed by atoms with E-state index >= 15 is 0 Å². The molecule has 2 aliphatic heterocycles. The number of anilines is 1. The van der Waals surface area contributed by atoms with Crippen LogP contribution in [-0.2, 0) is 10.0 Å². The number of aromatic amines is 1. The zero-order valence-corrected chi connectivity index (χ0v) is 18.6. The topological polar surface area (TPSA) is 84.4 Å². The summed E-state index contributed by atoms with van der Waals surface area (Å²) >= 11 is 0. The summed E-state index contributed by atoms with van der Waals surface area (Å²) in [6.45, 7) is 7.11. The maximum absolute atomic E-state index is 12.9. The van der Waals surface area contributed by atoms with Crippen molar-refractivity contribution in [1.29, 1.82) is 0 Å². The molecule has 0 aromatic carbocycles. The van der Waals surface area contributed by atoms with Crippen molar-refractivity contribution in [2.45, 2.75) is 46.2 Å². The van der Waals surface area contributed by atoms with E-state index in [1.165, 1.54) is 0 Å². The summed E-state index contributed by atoms with van der Waals surface area (Å²) in [4.78, 5) is 9.93. The van der Waals surface area contributed by atoms with Crippen LogP contribution in [0.4, 0.5) is 11.5 Å². The minimum atomic E-state index is -3.21. The van der Waals surface area contributed by atoms with Gasteiger partial charge < -0.3 is 4.98 Å². The average Bonchev–Trinajstić information content (AvgIpc) is 3.37. The molecule has 1 saturated carbocycles. The highest BCUT2D eigenvalue weighted by atomic mass is 32.2. The number of hydrogen-bond donors (Lipinski definition) is 1. The molecule has 0 radical (unpaired) electrons. The van der Waals surface area contributed by atoms with Gasteiger partial charge in [-0.3, -0.25) is 9.91 Å². The molecule has 1 N–H and O–H groups in total. The lowest BCUT2D eigenvalue weighted by Crippen LogP contribution is -2.48. The number of aromatic nitrogens is 1. The summed E-state index contributed by atoms with van der Waals surface area (Å²) in [5.41, 5.74) is 1.05. The highest BCUT2D eigenvalue weighted by Crippen LogP contribution is 2.46. The van der Waals surface area contributed by atoms with Crippen molar-refractivity contribution in [3.8, 4) is 0 Å². The fourth-order valence-electron chi connectivity index (χ4n) is 5.43. The lowest BCUT2D eigenvalue weighted by Gasteiger charge is -2.37. The Balaban J connectivity index is 1.56. The van der Waals surface area contributed by atoms with E-state index in [1.54, 1.807) is 4.31 Å². The molecule has 4 atom stereocenters. The normalized spacial score (nSPS) is 28.8. The fourth-order valence-corrected chi connectivity index (χ4v) is 7.30. The van der Waals surface area contributed by atoms with E-state index in [2.05, 4.69) is 21.8 Å². The van der Waals surface area contributed by atoms with Crippen LogP contribution in [0, 0.1) is 17.8 Å². The maximum Gasteiger partial charge on any atom is 0.214 e. The number of rotatable bonds is 7. The first-order valence-electron chi connectivity index (χ1n) is 10.7. The van der Waals surface area contributed by atoms with Gasteiger partial charge in [-0.05, 0) is 30.7 Å². The van der Waals surface area contributed by atoms with E-state index in [0.717, 1.165) is 36.6 Å². The number of hydrazone groups is 1. The van der Waals surface area contributed by atoms with Crippen LogP contribution in [0.1, 0.15) is 40.0 Å². The minimum absolute atomic E-state index is 0.0948. The number of aliphatic imine (C=N–C) groups is 1. The van der Waals surface area contributed by atoms with E-state index in [0.29, 0.717) is 24.9 Å². The Bertz CT molecular complexity index is 904. The molecule has 4 rings (SSSR count). The number of sulfonamides is 1. The molecule has 0 spiro atoms. The molecular formula is C20H32N6O2S. The van der Waals surface area contributed by atoms with Crippen molar-refractivity contribution in [2.75, 3.05) is 30.8 Å². The average molecular weight is 421 g/mol. The molecule has 9 heteroatoms. The van der Waals surface area contributed by atoms with Crippen LogP contribution in [-0.4, -0.2) is 66.8 Å². The molecular weight excluding hydrogens is 388 g/mol. The Morgan fingerprint density at radius 2 is 2.00 bits per heavy atom. The molecule has 0 bridgehead atoms. The SMILES string of the molecule is CC[C@@H]1C[C@@H](CS(=O)(=O)N(CC)CC)C[C@H]1C1N(C)N=C2C=Nc3[nH]ccc3N21. The third-order valence-corrected chi connectivity index (χ3v) is 8.92. The Labute approximate surface area is 173 Å². The summed E-state index contributed by atoms with van der Waals surface area (Å²) in [7, 11) is -1.19. The van der Waals surface area contributed by atoms with Crippen LogP contribution >= 0.6 is 0 Å². The molecule has 1 fully saturated rings. The molecule has 3 heterocycles. The molecule has 1 aromatic heterocycles. The molecule has 1 unspecified atom stereocenters. The highest BCUT2D eigenvalue weighted by Gasteiger charge is 2.47. The third kappa shape index (κ3) is 3.48.